The third-order valence-corrected chi connectivity index (χ3v) is 5.99. The number of rotatable bonds is 3. The molecule has 1 aromatic heterocycles. The van der Waals surface area contributed by atoms with Gasteiger partial charge in [0.05, 0.1) is 0 Å². The third kappa shape index (κ3) is 2.63. The van der Waals surface area contributed by atoms with E-state index in [1.165, 1.54) is 48.1 Å². The van der Waals surface area contributed by atoms with Crippen LogP contribution in [-0.2, 0) is 7.05 Å². The van der Waals surface area contributed by atoms with Crippen molar-refractivity contribution < 1.29 is 4.74 Å². The molecule has 3 heteroatoms. The minimum absolute atomic E-state index is 0.367. The predicted octanol–water partition coefficient (Wildman–Crippen LogP) is 4.32. The average Bonchev–Trinajstić information content (AvgIpc) is 3.01. The van der Waals surface area contributed by atoms with Crippen molar-refractivity contribution in [2.45, 2.75) is 18.9 Å². The topological polar surface area (TPSA) is 17.4 Å². The zero-order valence-corrected chi connectivity index (χ0v) is 14.7. The van der Waals surface area contributed by atoms with Crippen molar-refractivity contribution in [3.05, 3.63) is 54.6 Å². The van der Waals surface area contributed by atoms with Crippen LogP contribution in [0, 0.1) is 5.92 Å². The normalized spacial score (nSPS) is 25.4. The second-order valence-corrected chi connectivity index (χ2v) is 7.47. The highest BCUT2D eigenvalue weighted by atomic mass is 16.5. The smallest absolute Gasteiger partial charge is 0.119 e. The first kappa shape index (κ1) is 15.0. The quantitative estimate of drug-likeness (QED) is 0.711. The number of hydrogen-bond acceptors (Lipinski definition) is 2. The Morgan fingerprint density at radius 3 is 2.40 bits per heavy atom. The summed E-state index contributed by atoms with van der Waals surface area (Å²) in [5, 5.41) is 1.28. The molecular formula is C22H24N2O. The number of hydrogen-bond donors (Lipinski definition) is 0. The fourth-order valence-electron chi connectivity index (χ4n) is 4.49. The lowest BCUT2D eigenvalue weighted by Gasteiger charge is -2.44. The highest BCUT2D eigenvalue weighted by Gasteiger charge is 2.35. The predicted molar refractivity (Wildman–Crippen MR) is 102 cm³/mol. The second-order valence-electron chi connectivity index (χ2n) is 7.47. The van der Waals surface area contributed by atoms with Gasteiger partial charge in [0.25, 0.3) is 0 Å². The lowest BCUT2D eigenvalue weighted by Crippen LogP contribution is -2.52. The average molecular weight is 332 g/mol. The third-order valence-electron chi connectivity index (χ3n) is 5.99. The van der Waals surface area contributed by atoms with E-state index in [0.29, 0.717) is 6.10 Å². The van der Waals surface area contributed by atoms with Crippen molar-refractivity contribution in [3.8, 4) is 17.0 Å². The van der Waals surface area contributed by atoms with Crippen molar-refractivity contribution >= 4 is 10.9 Å². The molecule has 25 heavy (non-hydrogen) atoms. The molecule has 0 spiro atoms. The Hall–Kier alpha value is -2.26. The summed E-state index contributed by atoms with van der Waals surface area (Å²) in [4.78, 5) is 2.54. The van der Waals surface area contributed by atoms with Crippen LogP contribution in [0.2, 0.25) is 0 Å². The van der Waals surface area contributed by atoms with E-state index in [-0.39, 0.29) is 0 Å². The summed E-state index contributed by atoms with van der Waals surface area (Å²) in [5.41, 5.74) is 3.75. The van der Waals surface area contributed by atoms with Crippen LogP contribution in [0.15, 0.2) is 54.6 Å². The van der Waals surface area contributed by atoms with Crippen molar-refractivity contribution in [1.29, 1.82) is 0 Å². The van der Waals surface area contributed by atoms with Gasteiger partial charge in [-0.25, -0.2) is 0 Å². The minimum atomic E-state index is 0.367. The molecule has 3 aliphatic rings. The summed E-state index contributed by atoms with van der Waals surface area (Å²) in [6.45, 7) is 3.60. The van der Waals surface area contributed by atoms with Gasteiger partial charge in [-0.15, -0.1) is 0 Å². The van der Waals surface area contributed by atoms with Gasteiger partial charge in [-0.1, -0.05) is 18.2 Å². The van der Waals surface area contributed by atoms with Crippen LogP contribution in [0.1, 0.15) is 12.8 Å². The van der Waals surface area contributed by atoms with Crippen molar-refractivity contribution in [2.75, 3.05) is 19.6 Å². The van der Waals surface area contributed by atoms with Gasteiger partial charge in [-0.05, 0) is 73.8 Å². The Balaban J connectivity index is 1.38. The summed E-state index contributed by atoms with van der Waals surface area (Å²) >= 11 is 0. The summed E-state index contributed by atoms with van der Waals surface area (Å²) in [5.74, 6) is 1.74. The van der Waals surface area contributed by atoms with Crippen LogP contribution in [0.3, 0.4) is 0 Å². The zero-order chi connectivity index (χ0) is 16.8. The molecule has 128 valence electrons. The number of nitrogens with zero attached hydrogens (tertiary/aromatic N) is 2. The van der Waals surface area contributed by atoms with E-state index in [1.807, 2.05) is 0 Å². The lowest BCUT2D eigenvalue weighted by molar-refractivity contribution is -0.00775. The highest BCUT2D eigenvalue weighted by Crippen LogP contribution is 2.32. The molecule has 1 atom stereocenters. The first-order valence-corrected chi connectivity index (χ1v) is 9.32. The van der Waals surface area contributed by atoms with Crippen LogP contribution in [0.5, 0.6) is 5.75 Å². The monoisotopic (exact) mass is 332 g/mol. The molecule has 6 rings (SSSR count). The van der Waals surface area contributed by atoms with Crippen LogP contribution in [0.4, 0.5) is 0 Å². The Kier molecular flexibility index (Phi) is 3.56. The van der Waals surface area contributed by atoms with Gasteiger partial charge in [-0.3, -0.25) is 4.90 Å². The van der Waals surface area contributed by atoms with Crippen LogP contribution in [0.25, 0.3) is 22.2 Å². The number of benzene rings is 2. The molecule has 3 fully saturated rings. The standard InChI is InChI=1S/C22H24N2O/c1-23-20-5-3-2-4-18(20)14-21(23)16-6-8-19(9-7-16)25-22-15-24-12-10-17(22)11-13-24/h2-9,14,17,22H,10-13,15H2,1H3. The summed E-state index contributed by atoms with van der Waals surface area (Å²) in [6.07, 6.45) is 2.95. The minimum Gasteiger partial charge on any atom is -0.489 e. The largest absolute Gasteiger partial charge is 0.489 e. The fourth-order valence-corrected chi connectivity index (χ4v) is 4.49. The van der Waals surface area contributed by atoms with Crippen molar-refractivity contribution in [2.24, 2.45) is 13.0 Å². The molecule has 4 heterocycles. The van der Waals surface area contributed by atoms with Gasteiger partial charge in [-0.2, -0.15) is 0 Å². The van der Waals surface area contributed by atoms with E-state index < -0.39 is 0 Å². The molecule has 2 bridgehead atoms. The van der Waals surface area contributed by atoms with Gasteiger partial charge in [0, 0.05) is 30.2 Å². The van der Waals surface area contributed by atoms with E-state index in [9.17, 15) is 0 Å². The number of piperidine rings is 3. The summed E-state index contributed by atoms with van der Waals surface area (Å²) in [7, 11) is 2.13. The number of aryl methyl sites for hydroxylation is 1. The van der Waals surface area contributed by atoms with Crippen LogP contribution >= 0.6 is 0 Å². The lowest BCUT2D eigenvalue weighted by atomic mass is 9.86. The maximum atomic E-state index is 6.32. The maximum Gasteiger partial charge on any atom is 0.119 e. The fraction of sp³-hybridized carbons (Fsp3) is 0.364. The summed E-state index contributed by atoms with van der Waals surface area (Å²) in [6, 6.07) is 19.4. The molecule has 0 N–H and O–H groups in total. The Morgan fingerprint density at radius 1 is 0.960 bits per heavy atom. The molecule has 0 saturated carbocycles. The number of fused-ring (bicyclic) bond motifs is 4. The van der Waals surface area contributed by atoms with Gasteiger partial charge >= 0.3 is 0 Å². The number of ether oxygens (including phenoxy) is 1. The molecule has 0 aliphatic carbocycles. The summed E-state index contributed by atoms with van der Waals surface area (Å²) < 4.78 is 8.58. The number of para-hydroxylation sites is 1. The molecule has 3 aliphatic heterocycles. The zero-order valence-electron chi connectivity index (χ0n) is 14.7. The molecule has 0 amide bonds. The first-order valence-electron chi connectivity index (χ1n) is 9.32. The van der Waals surface area contributed by atoms with E-state index >= 15 is 0 Å². The SMILES string of the molecule is Cn1c(-c2ccc(OC3CN4CCC3CC4)cc2)cc2ccccc21. The van der Waals surface area contributed by atoms with Crippen molar-refractivity contribution in [1.82, 2.24) is 9.47 Å². The Labute approximate surface area is 148 Å². The van der Waals surface area contributed by atoms with E-state index in [4.69, 9.17) is 4.74 Å². The molecule has 0 radical (unpaired) electrons. The van der Waals surface area contributed by atoms with Crippen LogP contribution in [-0.4, -0.2) is 35.2 Å². The molecule has 1 unspecified atom stereocenters. The first-order chi connectivity index (χ1) is 12.3. The maximum absolute atomic E-state index is 6.32. The molecular weight excluding hydrogens is 308 g/mol. The Morgan fingerprint density at radius 2 is 1.72 bits per heavy atom. The van der Waals surface area contributed by atoms with Crippen LogP contribution < -0.4 is 4.74 Å². The second kappa shape index (κ2) is 5.92. The van der Waals surface area contributed by atoms with Gasteiger partial charge in [0.15, 0.2) is 0 Å². The van der Waals surface area contributed by atoms with Crippen molar-refractivity contribution in [3.63, 3.8) is 0 Å². The van der Waals surface area contributed by atoms with Gasteiger partial charge in [0.2, 0.25) is 0 Å². The number of aromatic nitrogens is 1. The molecule has 3 saturated heterocycles. The van der Waals surface area contributed by atoms with E-state index in [0.717, 1.165) is 18.2 Å². The van der Waals surface area contributed by atoms with E-state index in [1.54, 1.807) is 0 Å². The molecule has 3 nitrogen and oxygen atoms in total. The van der Waals surface area contributed by atoms with Gasteiger partial charge in [0.1, 0.15) is 11.9 Å². The highest BCUT2D eigenvalue weighted by molar-refractivity contribution is 5.86. The van der Waals surface area contributed by atoms with Gasteiger partial charge < -0.3 is 9.30 Å². The Bertz CT molecular complexity index is 888. The molecule has 2 aromatic carbocycles. The molecule has 3 aromatic rings. The van der Waals surface area contributed by atoms with E-state index in [2.05, 4.69) is 71.1 Å².